The van der Waals surface area contributed by atoms with E-state index in [1.807, 2.05) is 6.92 Å². The fourth-order valence-electron chi connectivity index (χ4n) is 0.144. The Morgan fingerprint density at radius 3 is 2.00 bits per heavy atom. The summed E-state index contributed by atoms with van der Waals surface area (Å²) < 4.78 is 4.72. The van der Waals surface area contributed by atoms with Gasteiger partial charge in [-0.15, -0.1) is 0 Å². The first-order chi connectivity index (χ1) is 2.41. The van der Waals surface area contributed by atoms with Crippen LogP contribution in [0.5, 0.6) is 0 Å². The van der Waals surface area contributed by atoms with Crippen LogP contribution in [0.4, 0.5) is 0 Å². The third-order valence-corrected chi connectivity index (χ3v) is 0.348. The van der Waals surface area contributed by atoms with Gasteiger partial charge in [0.1, 0.15) is 0 Å². The van der Waals surface area contributed by atoms with E-state index in [2.05, 4.69) is 6.92 Å². The Balaban J connectivity index is -0.0000000800. The van der Waals surface area contributed by atoms with Crippen LogP contribution in [0.25, 0.3) is 0 Å². The molecule has 0 aromatic carbocycles. The summed E-state index contributed by atoms with van der Waals surface area (Å²) in [5, 5.41) is 0. The summed E-state index contributed by atoms with van der Waals surface area (Å²) in [6.45, 7) is 6.78. The molecule has 0 aliphatic carbocycles. The van der Waals surface area contributed by atoms with Crippen LogP contribution in [0.2, 0.25) is 0 Å². The van der Waals surface area contributed by atoms with Crippen LogP contribution in [0.1, 0.15) is 6.92 Å². The predicted octanol–water partition coefficient (Wildman–Crippen LogP) is 1.30. The number of hydrogen-bond donors (Lipinski definition) is 0. The van der Waals surface area contributed by atoms with Crippen LogP contribution in [0.3, 0.4) is 0 Å². The van der Waals surface area contributed by atoms with Gasteiger partial charge in [0.05, 0.1) is 0 Å². The van der Waals surface area contributed by atoms with Gasteiger partial charge < -0.3 is 19.1 Å². The van der Waals surface area contributed by atoms with Gasteiger partial charge in [0.25, 0.3) is 0 Å². The molecule has 0 atom stereocenters. The van der Waals surface area contributed by atoms with E-state index in [0.717, 1.165) is 6.61 Å². The van der Waals surface area contributed by atoms with Crippen LogP contribution in [-0.4, -0.2) is 13.2 Å². The second-order valence-electron chi connectivity index (χ2n) is 0.697. The van der Waals surface area contributed by atoms with E-state index in [-0.39, 0.29) is 40.1 Å². The summed E-state index contributed by atoms with van der Waals surface area (Å²) in [6.07, 6.45) is 0. The monoisotopic (exact) mass is 177 g/mol. The Morgan fingerprint density at radius 2 is 2.00 bits per heavy atom. The zero-order valence-electron chi connectivity index (χ0n) is 5.11. The van der Waals surface area contributed by atoms with Crippen LogP contribution in [0.15, 0.2) is 0 Å². The number of hydrogen-bond acceptors (Lipinski definition) is 1. The largest absolute Gasteiger partial charge is 0.414 e. The normalized spacial score (nSPS) is 6.00. The predicted molar refractivity (Wildman–Crippen MR) is 28.3 cm³/mol. The first kappa shape index (κ1) is 15.7. The second-order valence-corrected chi connectivity index (χ2v) is 0.697. The molecule has 0 saturated heterocycles. The Labute approximate surface area is 71.7 Å². The smallest absolute Gasteiger partial charge is 0.0402 e. The minimum absolute atomic E-state index is 0. The van der Waals surface area contributed by atoms with Gasteiger partial charge in [-0.3, -0.25) is 0 Å². The van der Waals surface area contributed by atoms with Crippen molar-refractivity contribution >= 4 is 0 Å². The molecule has 0 aromatic rings. The van der Waals surface area contributed by atoms with Gasteiger partial charge in [-0.25, -0.2) is 0 Å². The van der Waals surface area contributed by atoms with Gasteiger partial charge >= 0.3 is 0 Å². The van der Waals surface area contributed by atoms with Crippen molar-refractivity contribution in [3.8, 4) is 0 Å². The maximum Gasteiger partial charge on any atom is 0.0402 e. The molecule has 2 heteroatoms. The van der Waals surface area contributed by atoms with Crippen molar-refractivity contribution in [1.82, 2.24) is 0 Å². The second kappa shape index (κ2) is 15.7. The van der Waals surface area contributed by atoms with E-state index in [4.69, 9.17) is 4.74 Å². The van der Waals surface area contributed by atoms with Gasteiger partial charge in [-0.2, -0.15) is 0 Å². The Hall–Kier alpha value is 1.06. The molecule has 0 N–H and O–H groups in total. The van der Waals surface area contributed by atoms with Crippen molar-refractivity contribution < 1.29 is 37.4 Å². The van der Waals surface area contributed by atoms with Crippen molar-refractivity contribution in [2.75, 3.05) is 13.2 Å². The molecular formula is C5H12OY-2. The maximum atomic E-state index is 4.72. The Morgan fingerprint density at radius 1 is 1.57 bits per heavy atom. The van der Waals surface area contributed by atoms with E-state index in [0.29, 0.717) is 6.61 Å². The molecule has 1 radical (unpaired) electrons. The molecule has 0 bridgehead atoms. The van der Waals surface area contributed by atoms with E-state index < -0.39 is 0 Å². The molecule has 0 spiro atoms. The van der Waals surface area contributed by atoms with Crippen molar-refractivity contribution in [2.24, 2.45) is 0 Å². The Kier molecular flexibility index (Phi) is 35.3. The standard InChI is InChI=1S/C4H9O.CH3.Y/c1-3-5-4-2;;/h1,3-4H2,2H3;1H3;/q2*-1;. The molecule has 0 aliphatic rings. The van der Waals surface area contributed by atoms with E-state index in [9.17, 15) is 0 Å². The summed E-state index contributed by atoms with van der Waals surface area (Å²) in [4.78, 5) is 0. The molecule has 1 nitrogen and oxygen atoms in total. The maximum absolute atomic E-state index is 4.72. The van der Waals surface area contributed by atoms with Gasteiger partial charge in [0.15, 0.2) is 0 Å². The molecule has 0 heterocycles. The minimum Gasteiger partial charge on any atom is -0.414 e. The number of rotatable bonds is 2. The van der Waals surface area contributed by atoms with Crippen LogP contribution >= 0.6 is 0 Å². The third kappa shape index (κ3) is 19.3. The summed E-state index contributed by atoms with van der Waals surface area (Å²) in [5.74, 6) is 0. The zero-order valence-corrected chi connectivity index (χ0v) is 7.95. The van der Waals surface area contributed by atoms with Crippen molar-refractivity contribution in [2.45, 2.75) is 6.92 Å². The van der Waals surface area contributed by atoms with Gasteiger partial charge in [0, 0.05) is 39.3 Å². The summed E-state index contributed by atoms with van der Waals surface area (Å²) in [5.41, 5.74) is 0. The van der Waals surface area contributed by atoms with Gasteiger partial charge in [-0.05, 0) is 6.92 Å². The summed E-state index contributed by atoms with van der Waals surface area (Å²) >= 11 is 0. The van der Waals surface area contributed by atoms with Crippen LogP contribution in [0, 0.1) is 14.4 Å². The molecular weight excluding hydrogens is 165 g/mol. The summed E-state index contributed by atoms with van der Waals surface area (Å²) in [6, 6.07) is 0. The van der Waals surface area contributed by atoms with Crippen molar-refractivity contribution in [3.05, 3.63) is 14.4 Å². The number of ether oxygens (including phenoxy) is 1. The molecule has 0 rings (SSSR count). The summed E-state index contributed by atoms with van der Waals surface area (Å²) in [7, 11) is 0. The molecule has 0 fully saturated rings. The quantitative estimate of drug-likeness (QED) is 0.577. The molecule has 0 unspecified atom stereocenters. The fourth-order valence-corrected chi connectivity index (χ4v) is 0.144. The van der Waals surface area contributed by atoms with E-state index in [1.165, 1.54) is 0 Å². The zero-order chi connectivity index (χ0) is 4.12. The van der Waals surface area contributed by atoms with E-state index in [1.54, 1.807) is 0 Å². The molecule has 0 aromatic heterocycles. The van der Waals surface area contributed by atoms with Crippen molar-refractivity contribution in [1.29, 1.82) is 0 Å². The molecule has 7 heavy (non-hydrogen) atoms. The molecule has 43 valence electrons. The average Bonchev–Trinajstić information content (AvgIpc) is 1.41. The van der Waals surface area contributed by atoms with Crippen LogP contribution < -0.4 is 0 Å². The molecule has 0 aliphatic heterocycles. The van der Waals surface area contributed by atoms with Gasteiger partial charge in [0.2, 0.25) is 0 Å². The Bertz CT molecular complexity index is 15.6. The first-order valence-electron chi connectivity index (χ1n) is 1.78. The van der Waals surface area contributed by atoms with Crippen LogP contribution in [-0.2, 0) is 37.4 Å². The topological polar surface area (TPSA) is 9.23 Å². The minimum atomic E-state index is 0. The van der Waals surface area contributed by atoms with Gasteiger partial charge in [-0.1, -0.05) is 6.61 Å². The molecule has 0 amide bonds. The first-order valence-corrected chi connectivity index (χ1v) is 1.78. The van der Waals surface area contributed by atoms with E-state index >= 15 is 0 Å². The van der Waals surface area contributed by atoms with Crippen molar-refractivity contribution in [3.63, 3.8) is 0 Å². The average molecular weight is 177 g/mol. The molecule has 0 saturated carbocycles. The SMILES string of the molecule is [CH2-]COCC.[CH3-].[Y]. The third-order valence-electron chi connectivity index (χ3n) is 0.348. The fraction of sp³-hybridized carbons (Fsp3) is 0.600.